The Bertz CT molecular complexity index is 634. The van der Waals surface area contributed by atoms with Gasteiger partial charge in [0.15, 0.2) is 5.69 Å². The molecule has 0 radical (unpaired) electrons. The van der Waals surface area contributed by atoms with Crippen molar-refractivity contribution in [2.45, 2.75) is 38.4 Å². The van der Waals surface area contributed by atoms with E-state index in [0.29, 0.717) is 5.69 Å². The summed E-state index contributed by atoms with van der Waals surface area (Å²) >= 11 is 1.66. The number of aromatic nitrogens is 3. The van der Waals surface area contributed by atoms with Crippen LogP contribution in [0.15, 0.2) is 12.3 Å². The van der Waals surface area contributed by atoms with Gasteiger partial charge >= 0.3 is 6.18 Å². The second kappa shape index (κ2) is 6.00. The molecule has 2 aromatic heterocycles. The molecule has 1 saturated heterocycles. The smallest absolute Gasteiger partial charge is 0.298 e. The Morgan fingerprint density at radius 3 is 2.91 bits per heavy atom. The van der Waals surface area contributed by atoms with Gasteiger partial charge in [0, 0.05) is 35.8 Å². The van der Waals surface area contributed by atoms with Crippen molar-refractivity contribution in [3.8, 4) is 0 Å². The van der Waals surface area contributed by atoms with Crippen LogP contribution in [0.25, 0.3) is 0 Å². The van der Waals surface area contributed by atoms with Gasteiger partial charge < -0.3 is 0 Å². The highest BCUT2D eigenvalue weighted by atomic mass is 32.1. The number of likely N-dealkylation sites (tertiary alicyclic amines) is 1. The first-order chi connectivity index (χ1) is 10.4. The van der Waals surface area contributed by atoms with Crippen LogP contribution in [0.5, 0.6) is 0 Å². The minimum absolute atomic E-state index is 0.0753. The normalized spacial score (nSPS) is 20.5. The summed E-state index contributed by atoms with van der Waals surface area (Å²) in [5, 5.41) is 7.00. The number of piperidine rings is 1. The molecule has 1 fully saturated rings. The number of thiazole rings is 1. The Balaban J connectivity index is 1.66. The first-order valence-electron chi connectivity index (χ1n) is 7.18. The number of alkyl halides is 3. The van der Waals surface area contributed by atoms with Crippen LogP contribution < -0.4 is 0 Å². The van der Waals surface area contributed by atoms with E-state index in [-0.39, 0.29) is 5.92 Å². The molecule has 0 unspecified atom stereocenters. The van der Waals surface area contributed by atoms with Gasteiger partial charge in [0.05, 0.1) is 5.01 Å². The summed E-state index contributed by atoms with van der Waals surface area (Å²) in [4.78, 5) is 7.71. The van der Waals surface area contributed by atoms with E-state index in [1.54, 1.807) is 11.3 Å². The van der Waals surface area contributed by atoms with E-state index in [2.05, 4.69) is 20.1 Å². The summed E-state index contributed by atoms with van der Waals surface area (Å²) in [6.45, 7) is 4.49. The summed E-state index contributed by atoms with van der Waals surface area (Å²) in [6, 6.07) is 1.14. The average Bonchev–Trinajstić information content (AvgIpc) is 3.08. The zero-order valence-electron chi connectivity index (χ0n) is 12.2. The quantitative estimate of drug-likeness (QED) is 0.936. The molecule has 3 heterocycles. The lowest BCUT2D eigenvalue weighted by molar-refractivity contribution is -0.141. The summed E-state index contributed by atoms with van der Waals surface area (Å²) < 4.78 is 37.9. The molecule has 120 valence electrons. The minimum atomic E-state index is -4.39. The van der Waals surface area contributed by atoms with Crippen LogP contribution in [0.1, 0.15) is 40.0 Å². The fourth-order valence-corrected chi connectivity index (χ4v) is 3.68. The standard InChI is InChI=1S/C14H17F3N4S/c1-9-18-6-11(22-9)8-21-4-2-3-10(7-21)12-5-13(20-19-12)14(15,16)17/h5-6,10H,2-4,7-8H2,1H3,(H,19,20)/t10-/m0/s1. The lowest BCUT2D eigenvalue weighted by Crippen LogP contribution is -2.33. The van der Waals surface area contributed by atoms with Crippen LogP contribution in [0.2, 0.25) is 0 Å². The van der Waals surface area contributed by atoms with Gasteiger partial charge in [-0.2, -0.15) is 18.3 Å². The number of aromatic amines is 1. The van der Waals surface area contributed by atoms with Crippen molar-refractivity contribution in [3.63, 3.8) is 0 Å². The van der Waals surface area contributed by atoms with Crippen molar-refractivity contribution in [2.75, 3.05) is 13.1 Å². The SMILES string of the molecule is Cc1ncc(CN2CCC[C@H](c3cc(C(F)(F)F)n[nH]3)C2)s1. The van der Waals surface area contributed by atoms with Gasteiger partial charge in [-0.1, -0.05) is 0 Å². The molecule has 22 heavy (non-hydrogen) atoms. The Hall–Kier alpha value is -1.41. The van der Waals surface area contributed by atoms with Gasteiger partial charge in [0.25, 0.3) is 0 Å². The van der Waals surface area contributed by atoms with E-state index in [1.807, 2.05) is 13.1 Å². The third-order valence-electron chi connectivity index (χ3n) is 3.88. The van der Waals surface area contributed by atoms with E-state index in [9.17, 15) is 13.2 Å². The molecule has 3 rings (SSSR count). The molecule has 0 aliphatic carbocycles. The van der Waals surface area contributed by atoms with E-state index < -0.39 is 11.9 Å². The molecule has 0 bridgehead atoms. The predicted octanol–water partition coefficient (Wildman–Crippen LogP) is 3.57. The monoisotopic (exact) mass is 330 g/mol. The maximum Gasteiger partial charge on any atom is 0.435 e. The molecule has 1 aliphatic rings. The van der Waals surface area contributed by atoms with Gasteiger partial charge in [-0.25, -0.2) is 4.98 Å². The third kappa shape index (κ3) is 3.49. The Morgan fingerprint density at radius 2 is 2.27 bits per heavy atom. The molecule has 1 N–H and O–H groups in total. The first-order valence-corrected chi connectivity index (χ1v) is 7.99. The van der Waals surface area contributed by atoms with Crippen molar-refractivity contribution in [2.24, 2.45) is 0 Å². The minimum Gasteiger partial charge on any atom is -0.298 e. The van der Waals surface area contributed by atoms with Crippen LogP contribution in [0.4, 0.5) is 13.2 Å². The van der Waals surface area contributed by atoms with Crippen LogP contribution in [-0.2, 0) is 12.7 Å². The molecule has 0 aromatic carbocycles. The number of rotatable bonds is 3. The number of H-pyrrole nitrogens is 1. The second-order valence-corrected chi connectivity index (χ2v) is 6.95. The molecule has 1 atom stereocenters. The van der Waals surface area contributed by atoms with Crippen molar-refractivity contribution >= 4 is 11.3 Å². The van der Waals surface area contributed by atoms with E-state index in [1.165, 1.54) is 4.88 Å². The van der Waals surface area contributed by atoms with Crippen LogP contribution in [0, 0.1) is 6.92 Å². The van der Waals surface area contributed by atoms with Crippen molar-refractivity contribution in [1.29, 1.82) is 0 Å². The van der Waals surface area contributed by atoms with Crippen molar-refractivity contribution < 1.29 is 13.2 Å². The lowest BCUT2D eigenvalue weighted by atomic mass is 9.94. The zero-order chi connectivity index (χ0) is 15.7. The first kappa shape index (κ1) is 15.5. The van der Waals surface area contributed by atoms with E-state index in [4.69, 9.17) is 0 Å². The summed E-state index contributed by atoms with van der Waals surface area (Å²) in [7, 11) is 0. The predicted molar refractivity (Wildman–Crippen MR) is 77.7 cm³/mol. The molecule has 0 saturated carbocycles. The fourth-order valence-electron chi connectivity index (χ4n) is 2.84. The number of aryl methyl sites for hydroxylation is 1. The van der Waals surface area contributed by atoms with Crippen LogP contribution in [0.3, 0.4) is 0 Å². The van der Waals surface area contributed by atoms with Crippen LogP contribution in [-0.4, -0.2) is 33.2 Å². The van der Waals surface area contributed by atoms with E-state index >= 15 is 0 Å². The highest BCUT2D eigenvalue weighted by Gasteiger charge is 2.35. The van der Waals surface area contributed by atoms with Gasteiger partial charge in [-0.3, -0.25) is 10.00 Å². The largest absolute Gasteiger partial charge is 0.435 e. The fraction of sp³-hybridized carbons (Fsp3) is 0.571. The maximum absolute atomic E-state index is 12.6. The molecular formula is C14H17F3N4S. The lowest BCUT2D eigenvalue weighted by Gasteiger charge is -2.31. The summed E-state index contributed by atoms with van der Waals surface area (Å²) in [5.74, 6) is 0.0753. The number of hydrogen-bond donors (Lipinski definition) is 1. The van der Waals surface area contributed by atoms with Crippen LogP contribution >= 0.6 is 11.3 Å². The number of halogens is 3. The zero-order valence-corrected chi connectivity index (χ0v) is 13.0. The van der Waals surface area contributed by atoms with Crippen molar-refractivity contribution in [3.05, 3.63) is 33.5 Å². The maximum atomic E-state index is 12.6. The van der Waals surface area contributed by atoms with Gasteiger partial charge in [0.1, 0.15) is 0 Å². The number of nitrogens with one attached hydrogen (secondary N) is 1. The van der Waals surface area contributed by atoms with Gasteiger partial charge in [-0.05, 0) is 32.4 Å². The van der Waals surface area contributed by atoms with Gasteiger partial charge in [0.2, 0.25) is 0 Å². The molecule has 0 spiro atoms. The Labute approximate surface area is 130 Å². The number of nitrogens with zero attached hydrogens (tertiary/aromatic N) is 3. The highest BCUT2D eigenvalue weighted by molar-refractivity contribution is 7.11. The molecule has 2 aromatic rings. The Morgan fingerprint density at radius 1 is 1.45 bits per heavy atom. The molecule has 0 amide bonds. The van der Waals surface area contributed by atoms with Crippen molar-refractivity contribution in [1.82, 2.24) is 20.1 Å². The average molecular weight is 330 g/mol. The van der Waals surface area contributed by atoms with Gasteiger partial charge in [-0.15, -0.1) is 11.3 Å². The Kier molecular flexibility index (Phi) is 4.22. The molecule has 8 heteroatoms. The number of hydrogen-bond acceptors (Lipinski definition) is 4. The second-order valence-electron chi connectivity index (χ2n) is 5.63. The molecule has 4 nitrogen and oxygen atoms in total. The molecular weight excluding hydrogens is 313 g/mol. The topological polar surface area (TPSA) is 44.8 Å². The third-order valence-corrected chi connectivity index (χ3v) is 4.78. The highest BCUT2D eigenvalue weighted by Crippen LogP contribution is 2.32. The van der Waals surface area contributed by atoms with E-state index in [0.717, 1.165) is 43.5 Å². The molecule has 1 aliphatic heterocycles. The summed E-state index contributed by atoms with van der Waals surface area (Å²) in [5.41, 5.74) is -0.254. The summed E-state index contributed by atoms with van der Waals surface area (Å²) in [6.07, 6.45) is -0.647.